The van der Waals surface area contributed by atoms with Crippen molar-refractivity contribution in [3.8, 4) is 17.2 Å². The summed E-state index contributed by atoms with van der Waals surface area (Å²) in [4.78, 5) is 37.3. The fourth-order valence-electron chi connectivity index (χ4n) is 9.07. The number of piperazine rings is 1. The van der Waals surface area contributed by atoms with Crippen molar-refractivity contribution in [2.24, 2.45) is 5.41 Å². The van der Waals surface area contributed by atoms with E-state index >= 15 is 0 Å². The molecule has 5 aromatic rings. The Hall–Kier alpha value is -5.72. The van der Waals surface area contributed by atoms with Crippen LogP contribution in [0, 0.1) is 15.5 Å². The fourth-order valence-corrected chi connectivity index (χ4v) is 10.2. The standard InChI is InChI=1S/C47H52ClN7O9S/c1-47(2)13-9-39(30-3-5-33(48)6-4-30)32(25-47)27-53-15-17-54(18-16-53)35-7-8-40(42(22-35)64-37-21-31-10-14-49-45(31)50-26-37)46(56)52-65(59,60)38-23-41(55(57)58)44-43(24-38)63-29-34(51-44)28-62-36-11-19-61-20-12-36/h3-8,10,14,21-24,26,34,36,51H,9,11-13,15-20,25,27-29H2,1-2H3,(H,49,50)(H,52,56)/t34-/m1/s1. The van der Waals surface area contributed by atoms with Gasteiger partial charge in [-0.05, 0) is 85.1 Å². The summed E-state index contributed by atoms with van der Waals surface area (Å²) in [7, 11) is -4.67. The lowest BCUT2D eigenvalue weighted by Crippen LogP contribution is -2.47. The molecule has 9 rings (SSSR count). The number of benzene rings is 3. The number of hydrogen-bond donors (Lipinski definition) is 3. The van der Waals surface area contributed by atoms with Gasteiger partial charge < -0.3 is 34.1 Å². The summed E-state index contributed by atoms with van der Waals surface area (Å²) in [6, 6.07) is 18.5. The second kappa shape index (κ2) is 18.6. The molecule has 4 aliphatic rings. The lowest BCUT2D eigenvalue weighted by Gasteiger charge is -2.39. The van der Waals surface area contributed by atoms with Gasteiger partial charge in [0.15, 0.2) is 11.4 Å². The number of ether oxygens (including phenoxy) is 4. The van der Waals surface area contributed by atoms with Gasteiger partial charge in [0.1, 0.15) is 23.8 Å². The zero-order valence-corrected chi connectivity index (χ0v) is 37.9. The van der Waals surface area contributed by atoms with Crippen molar-refractivity contribution >= 4 is 61.2 Å². The quantitative estimate of drug-likeness (QED) is 0.0758. The van der Waals surface area contributed by atoms with Gasteiger partial charge in [0.2, 0.25) is 0 Å². The summed E-state index contributed by atoms with van der Waals surface area (Å²) >= 11 is 6.24. The molecular formula is C47H52ClN7O9S. The number of H-pyrrole nitrogens is 1. The first-order valence-electron chi connectivity index (χ1n) is 21.9. The normalized spacial score (nSPS) is 19.3. The van der Waals surface area contributed by atoms with E-state index in [1.807, 2.05) is 18.2 Å². The van der Waals surface area contributed by atoms with Crippen LogP contribution >= 0.6 is 11.6 Å². The smallest absolute Gasteiger partial charge is 0.297 e. The third-order valence-electron chi connectivity index (χ3n) is 12.6. The van der Waals surface area contributed by atoms with E-state index in [1.54, 1.807) is 24.4 Å². The molecule has 5 heterocycles. The minimum absolute atomic E-state index is 0.00817. The van der Waals surface area contributed by atoms with Crippen LogP contribution in [0.2, 0.25) is 5.02 Å². The van der Waals surface area contributed by atoms with Gasteiger partial charge in [-0.3, -0.25) is 19.8 Å². The van der Waals surface area contributed by atoms with Crippen LogP contribution in [0.3, 0.4) is 0 Å². The third kappa shape index (κ3) is 10.2. The van der Waals surface area contributed by atoms with Gasteiger partial charge in [0.05, 0.1) is 40.3 Å². The minimum atomic E-state index is -4.67. The highest BCUT2D eigenvalue weighted by molar-refractivity contribution is 7.90. The van der Waals surface area contributed by atoms with E-state index in [0.717, 1.165) is 73.9 Å². The van der Waals surface area contributed by atoms with E-state index in [0.29, 0.717) is 37.7 Å². The van der Waals surface area contributed by atoms with Gasteiger partial charge in [-0.15, -0.1) is 0 Å². The van der Waals surface area contributed by atoms with Crippen molar-refractivity contribution in [2.75, 3.05) is 69.4 Å². The number of aromatic amines is 1. The highest BCUT2D eigenvalue weighted by Gasteiger charge is 2.34. The number of nitrogens with zero attached hydrogens (tertiary/aromatic N) is 4. The van der Waals surface area contributed by atoms with Crippen molar-refractivity contribution in [3.63, 3.8) is 0 Å². The molecule has 1 aliphatic carbocycles. The zero-order chi connectivity index (χ0) is 45.3. The van der Waals surface area contributed by atoms with Gasteiger partial charge in [0, 0.05) is 86.4 Å². The number of pyridine rings is 1. The molecule has 0 spiro atoms. The molecule has 3 aromatic carbocycles. The molecule has 1 atom stereocenters. The first-order valence-corrected chi connectivity index (χ1v) is 23.8. The van der Waals surface area contributed by atoms with Gasteiger partial charge in [-0.1, -0.05) is 43.2 Å². The molecule has 2 saturated heterocycles. The Balaban J connectivity index is 0.930. The number of anilines is 2. The summed E-state index contributed by atoms with van der Waals surface area (Å²) in [6.45, 7) is 10.1. The number of nitro benzene ring substituents is 1. The third-order valence-corrected chi connectivity index (χ3v) is 14.2. The summed E-state index contributed by atoms with van der Waals surface area (Å²) in [5.41, 5.74) is 5.20. The first kappa shape index (κ1) is 44.5. The van der Waals surface area contributed by atoms with Gasteiger partial charge in [0.25, 0.3) is 21.6 Å². The maximum Gasteiger partial charge on any atom is 0.297 e. The number of amides is 1. The Morgan fingerprint density at radius 1 is 1.05 bits per heavy atom. The number of fused-ring (bicyclic) bond motifs is 2. The van der Waals surface area contributed by atoms with Gasteiger partial charge >= 0.3 is 0 Å². The van der Waals surface area contributed by atoms with E-state index in [4.69, 9.17) is 30.5 Å². The van der Waals surface area contributed by atoms with Crippen LogP contribution in [0.5, 0.6) is 17.2 Å². The van der Waals surface area contributed by atoms with Crippen LogP contribution in [0.1, 0.15) is 61.9 Å². The topological polar surface area (TPSA) is 190 Å². The second-order valence-corrected chi connectivity index (χ2v) is 20.0. The molecule has 16 nitrogen and oxygen atoms in total. The van der Waals surface area contributed by atoms with Crippen LogP contribution in [-0.4, -0.2) is 105 Å². The number of hydrogen-bond acceptors (Lipinski definition) is 13. The van der Waals surface area contributed by atoms with E-state index in [2.05, 4.69) is 55.8 Å². The number of carbonyl (C=O) groups excluding carboxylic acids is 1. The van der Waals surface area contributed by atoms with Gasteiger partial charge in [-0.2, -0.15) is 0 Å². The molecule has 18 heteroatoms. The maximum atomic E-state index is 14.1. The molecule has 0 unspecified atom stereocenters. The van der Waals surface area contributed by atoms with E-state index < -0.39 is 37.5 Å². The largest absolute Gasteiger partial charge is 0.489 e. The lowest BCUT2D eigenvalue weighted by molar-refractivity contribution is -0.384. The second-order valence-electron chi connectivity index (χ2n) is 17.9. The summed E-state index contributed by atoms with van der Waals surface area (Å²) in [5, 5.41) is 16.9. The van der Waals surface area contributed by atoms with E-state index in [9.17, 15) is 23.3 Å². The Kier molecular flexibility index (Phi) is 12.8. The number of carbonyl (C=O) groups is 1. The molecule has 0 saturated carbocycles. The number of rotatable bonds is 13. The van der Waals surface area contributed by atoms with Crippen molar-refractivity contribution in [1.29, 1.82) is 0 Å². The van der Waals surface area contributed by atoms with Crippen molar-refractivity contribution < 1.29 is 37.1 Å². The molecule has 342 valence electrons. The Morgan fingerprint density at radius 2 is 1.83 bits per heavy atom. The molecule has 3 aliphatic heterocycles. The molecule has 1 amide bonds. The highest BCUT2D eigenvalue weighted by Crippen LogP contribution is 2.44. The molecular weight excluding hydrogens is 874 g/mol. The van der Waals surface area contributed by atoms with Crippen molar-refractivity contribution in [2.45, 2.75) is 63.0 Å². The average Bonchev–Trinajstić information content (AvgIpc) is 3.77. The Labute approximate surface area is 382 Å². The zero-order valence-electron chi connectivity index (χ0n) is 36.3. The number of allylic oxidation sites excluding steroid dienone is 1. The number of nitro groups is 1. The minimum Gasteiger partial charge on any atom is -0.489 e. The summed E-state index contributed by atoms with van der Waals surface area (Å²) < 4.78 is 53.5. The van der Waals surface area contributed by atoms with E-state index in [1.165, 1.54) is 35.0 Å². The number of aromatic nitrogens is 2. The van der Waals surface area contributed by atoms with Crippen molar-refractivity contribution in [1.82, 2.24) is 19.6 Å². The Morgan fingerprint density at radius 3 is 2.60 bits per heavy atom. The number of halogens is 1. The molecule has 65 heavy (non-hydrogen) atoms. The average molecular weight is 926 g/mol. The summed E-state index contributed by atoms with van der Waals surface area (Å²) in [6.07, 6.45) is 7.95. The van der Waals surface area contributed by atoms with Crippen LogP contribution in [0.4, 0.5) is 17.1 Å². The number of sulfonamides is 1. The molecule has 3 N–H and O–H groups in total. The fraction of sp³-hybridized carbons (Fsp3) is 0.404. The number of nitrogens with one attached hydrogen (secondary N) is 3. The van der Waals surface area contributed by atoms with Crippen LogP contribution in [0.25, 0.3) is 16.6 Å². The molecule has 2 aromatic heterocycles. The SMILES string of the molecule is CC1(C)CCC(c2ccc(Cl)cc2)=C(CN2CCN(c3ccc(C(=O)NS(=O)(=O)c4cc5c(c([N+](=O)[O-])c4)N[C@H](COC4CCOCC4)CO5)c(Oc4cnc5[nH]ccc5c4)c3)CC2)C1. The van der Waals surface area contributed by atoms with Crippen molar-refractivity contribution in [3.05, 3.63) is 111 Å². The molecule has 0 radical (unpaired) electrons. The first-order chi connectivity index (χ1) is 31.3. The lowest BCUT2D eigenvalue weighted by atomic mass is 9.73. The summed E-state index contributed by atoms with van der Waals surface area (Å²) in [5.74, 6) is -0.578. The molecule has 2 fully saturated rings. The van der Waals surface area contributed by atoms with Crippen LogP contribution in [0.15, 0.2) is 89.6 Å². The van der Waals surface area contributed by atoms with Crippen LogP contribution < -0.4 is 24.4 Å². The maximum absolute atomic E-state index is 14.1. The Bertz CT molecular complexity index is 2730. The highest BCUT2D eigenvalue weighted by atomic mass is 35.5. The van der Waals surface area contributed by atoms with Gasteiger partial charge in [-0.25, -0.2) is 18.1 Å². The monoisotopic (exact) mass is 925 g/mol. The predicted octanol–water partition coefficient (Wildman–Crippen LogP) is 8.19. The van der Waals surface area contributed by atoms with E-state index in [-0.39, 0.29) is 47.5 Å². The van der Waals surface area contributed by atoms with Crippen LogP contribution in [-0.2, 0) is 19.5 Å². The predicted molar refractivity (Wildman–Crippen MR) is 248 cm³/mol. The molecule has 0 bridgehead atoms.